The molecule has 0 rings (SSSR count). The van der Waals surface area contributed by atoms with E-state index in [4.69, 9.17) is 11.6 Å². The van der Waals surface area contributed by atoms with E-state index in [2.05, 4.69) is 20.7 Å². The van der Waals surface area contributed by atoms with E-state index in [-0.39, 0.29) is 6.42 Å². The first-order valence-corrected chi connectivity index (χ1v) is 3.77. The van der Waals surface area contributed by atoms with Crippen LogP contribution in [0.5, 0.6) is 0 Å². The van der Waals surface area contributed by atoms with E-state index in [0.717, 1.165) is 0 Å². The molecule has 0 radical (unpaired) electrons. The van der Waals surface area contributed by atoms with Crippen LogP contribution in [-0.2, 0) is 14.3 Å². The van der Waals surface area contributed by atoms with Crippen LogP contribution in [0.2, 0.25) is 0 Å². The molecule has 1 unspecified atom stereocenters. The highest BCUT2D eigenvalue weighted by Gasteiger charge is 2.17. The topological polar surface area (TPSA) is 43.4 Å². The lowest BCUT2D eigenvalue weighted by Gasteiger charge is -2.02. The minimum absolute atomic E-state index is 0.0474. The Morgan fingerprint density at radius 3 is 2.50 bits per heavy atom. The van der Waals surface area contributed by atoms with Crippen LogP contribution in [0.25, 0.3) is 0 Å². The molecule has 0 aliphatic heterocycles. The second-order valence-corrected chi connectivity index (χ2v) is 3.08. The summed E-state index contributed by atoms with van der Waals surface area (Å²) in [7, 11) is 1.25. The fourth-order valence-corrected chi connectivity index (χ4v) is 1.17. The summed E-state index contributed by atoms with van der Waals surface area (Å²) in [6.07, 6.45) is -0.0474. The molecule has 58 valence electrons. The van der Waals surface area contributed by atoms with Gasteiger partial charge in [0.05, 0.1) is 7.11 Å². The average molecular weight is 229 g/mol. The van der Waals surface area contributed by atoms with Gasteiger partial charge in [-0.15, -0.1) is 0 Å². The highest BCUT2D eigenvalue weighted by Crippen LogP contribution is 2.08. The van der Waals surface area contributed by atoms with Gasteiger partial charge in [0.15, 0.2) is 0 Å². The molecule has 3 nitrogen and oxygen atoms in total. The van der Waals surface area contributed by atoms with Gasteiger partial charge in [-0.25, -0.2) is 0 Å². The first-order chi connectivity index (χ1) is 4.57. The van der Waals surface area contributed by atoms with Crippen molar-refractivity contribution < 1.29 is 14.3 Å². The molecule has 0 amide bonds. The number of carbonyl (C=O) groups is 2. The van der Waals surface area contributed by atoms with Crippen LogP contribution in [0.3, 0.4) is 0 Å². The van der Waals surface area contributed by atoms with Gasteiger partial charge in [-0.1, -0.05) is 15.9 Å². The van der Waals surface area contributed by atoms with Gasteiger partial charge in [0.1, 0.15) is 4.83 Å². The summed E-state index contributed by atoms with van der Waals surface area (Å²) in [5.41, 5.74) is 0. The summed E-state index contributed by atoms with van der Waals surface area (Å²) in [6.45, 7) is 0. The molecule has 0 aromatic carbocycles. The molecule has 0 aromatic rings. The Morgan fingerprint density at radius 2 is 2.20 bits per heavy atom. The summed E-state index contributed by atoms with van der Waals surface area (Å²) in [6, 6.07) is 0. The lowest BCUT2D eigenvalue weighted by Crippen LogP contribution is -2.17. The molecule has 10 heavy (non-hydrogen) atoms. The Kier molecular flexibility index (Phi) is 4.64. The van der Waals surface area contributed by atoms with Gasteiger partial charge in [0.25, 0.3) is 0 Å². The van der Waals surface area contributed by atoms with Crippen molar-refractivity contribution in [3.05, 3.63) is 0 Å². The number of hydrogen-bond donors (Lipinski definition) is 0. The summed E-state index contributed by atoms with van der Waals surface area (Å²) in [5, 5.41) is -0.563. The number of carbonyl (C=O) groups excluding carboxylic acids is 2. The third kappa shape index (κ3) is 3.85. The number of esters is 1. The van der Waals surface area contributed by atoms with E-state index in [0.29, 0.717) is 0 Å². The van der Waals surface area contributed by atoms with Crippen molar-refractivity contribution in [3.8, 4) is 0 Å². The van der Waals surface area contributed by atoms with Gasteiger partial charge in [0, 0.05) is 6.42 Å². The third-order valence-electron chi connectivity index (χ3n) is 0.797. The van der Waals surface area contributed by atoms with Crippen molar-refractivity contribution in [2.75, 3.05) is 7.11 Å². The Labute approximate surface area is 71.8 Å². The molecule has 5 heteroatoms. The van der Waals surface area contributed by atoms with Crippen LogP contribution in [0, 0.1) is 0 Å². The number of alkyl halides is 1. The van der Waals surface area contributed by atoms with E-state index in [1.807, 2.05) is 0 Å². The Balaban J connectivity index is 3.72. The molecule has 0 saturated carbocycles. The molecule has 0 aromatic heterocycles. The maximum atomic E-state index is 10.6. The fraction of sp³-hybridized carbons (Fsp3) is 0.600. The number of halogens is 2. The number of ether oxygens (including phenoxy) is 1. The first kappa shape index (κ1) is 9.91. The first-order valence-electron chi connectivity index (χ1n) is 2.48. The van der Waals surface area contributed by atoms with Gasteiger partial charge < -0.3 is 4.74 Å². The Morgan fingerprint density at radius 1 is 1.70 bits per heavy atom. The van der Waals surface area contributed by atoms with Gasteiger partial charge in [-0.2, -0.15) is 0 Å². The molecule has 0 N–H and O–H groups in total. The zero-order chi connectivity index (χ0) is 8.15. The van der Waals surface area contributed by atoms with Gasteiger partial charge in [-0.05, 0) is 11.6 Å². The fourth-order valence-electron chi connectivity index (χ4n) is 0.352. The third-order valence-corrected chi connectivity index (χ3v) is 1.65. The van der Waals surface area contributed by atoms with Gasteiger partial charge in [-0.3, -0.25) is 9.59 Å². The zero-order valence-corrected chi connectivity index (χ0v) is 7.61. The smallest absolute Gasteiger partial charge is 0.319 e. The van der Waals surface area contributed by atoms with E-state index in [1.165, 1.54) is 7.11 Å². The number of rotatable bonds is 3. The summed E-state index contributed by atoms with van der Waals surface area (Å²) in [4.78, 5) is 20.1. The minimum Gasteiger partial charge on any atom is -0.468 e. The SMILES string of the molecule is COC(=O)C(Br)CC(=O)Cl. The summed E-state index contributed by atoms with van der Waals surface area (Å²) < 4.78 is 4.32. The second kappa shape index (κ2) is 4.68. The van der Waals surface area contributed by atoms with Crippen molar-refractivity contribution in [2.45, 2.75) is 11.2 Å². The zero-order valence-electron chi connectivity index (χ0n) is 5.27. The molecule has 0 aliphatic carbocycles. The van der Waals surface area contributed by atoms with E-state index in [9.17, 15) is 9.59 Å². The molecule has 0 bridgehead atoms. The van der Waals surface area contributed by atoms with Crippen LogP contribution in [0.4, 0.5) is 0 Å². The number of methoxy groups -OCH3 is 1. The average Bonchev–Trinajstić information content (AvgIpc) is 1.85. The molecule has 0 spiro atoms. The van der Waals surface area contributed by atoms with Crippen molar-refractivity contribution >= 4 is 38.7 Å². The van der Waals surface area contributed by atoms with Crippen LogP contribution >= 0.6 is 27.5 Å². The van der Waals surface area contributed by atoms with Crippen LogP contribution < -0.4 is 0 Å². The summed E-state index contributed by atoms with van der Waals surface area (Å²) >= 11 is 7.92. The highest BCUT2D eigenvalue weighted by molar-refractivity contribution is 9.10. The van der Waals surface area contributed by atoms with Crippen molar-refractivity contribution in [1.29, 1.82) is 0 Å². The molecule has 0 aliphatic rings. The number of hydrogen-bond acceptors (Lipinski definition) is 3. The highest BCUT2D eigenvalue weighted by atomic mass is 79.9. The lowest BCUT2D eigenvalue weighted by atomic mass is 10.3. The molecule has 0 saturated heterocycles. The standard InChI is InChI=1S/C5H6BrClO3/c1-10-5(9)3(6)2-4(7)8/h3H,2H2,1H3. The van der Waals surface area contributed by atoms with E-state index >= 15 is 0 Å². The monoisotopic (exact) mass is 228 g/mol. The molecular weight excluding hydrogens is 223 g/mol. The van der Waals surface area contributed by atoms with E-state index in [1.54, 1.807) is 0 Å². The Bertz CT molecular complexity index is 148. The van der Waals surface area contributed by atoms with Crippen LogP contribution in [-0.4, -0.2) is 23.1 Å². The normalized spacial score (nSPS) is 12.3. The van der Waals surface area contributed by atoms with Crippen LogP contribution in [0.15, 0.2) is 0 Å². The van der Waals surface area contributed by atoms with Crippen LogP contribution in [0.1, 0.15) is 6.42 Å². The van der Waals surface area contributed by atoms with E-state index < -0.39 is 16.0 Å². The predicted molar refractivity (Wildman–Crippen MR) is 40.2 cm³/mol. The quantitative estimate of drug-likeness (QED) is 0.413. The van der Waals surface area contributed by atoms with Crippen molar-refractivity contribution in [2.24, 2.45) is 0 Å². The lowest BCUT2D eigenvalue weighted by molar-refractivity contribution is -0.140. The summed E-state index contributed by atoms with van der Waals surface area (Å²) in [5.74, 6) is -0.492. The molecular formula is C5H6BrClO3. The van der Waals surface area contributed by atoms with Crippen molar-refractivity contribution in [1.82, 2.24) is 0 Å². The van der Waals surface area contributed by atoms with Gasteiger partial charge >= 0.3 is 5.97 Å². The Hall–Kier alpha value is -0.0900. The largest absolute Gasteiger partial charge is 0.468 e. The van der Waals surface area contributed by atoms with Crippen molar-refractivity contribution in [3.63, 3.8) is 0 Å². The second-order valence-electron chi connectivity index (χ2n) is 1.55. The maximum Gasteiger partial charge on any atom is 0.319 e. The van der Waals surface area contributed by atoms with Gasteiger partial charge in [0.2, 0.25) is 5.24 Å². The molecule has 1 atom stereocenters. The minimum atomic E-state index is -0.623. The molecule has 0 heterocycles. The maximum absolute atomic E-state index is 10.6. The predicted octanol–water partition coefficient (Wildman–Crippen LogP) is 1.08. The molecule has 0 fully saturated rings.